The molecule has 2 aromatic carbocycles. The fourth-order valence-corrected chi connectivity index (χ4v) is 5.30. The molecule has 5 nitrogen and oxygen atoms in total. The van der Waals surface area contributed by atoms with Crippen molar-refractivity contribution in [2.24, 2.45) is 0 Å². The van der Waals surface area contributed by atoms with Gasteiger partial charge in [-0.25, -0.2) is 4.52 Å². The van der Waals surface area contributed by atoms with E-state index in [1.807, 2.05) is 29.3 Å². The van der Waals surface area contributed by atoms with Gasteiger partial charge in [0.2, 0.25) is 0 Å². The number of amides is 1. The summed E-state index contributed by atoms with van der Waals surface area (Å²) in [5, 5.41) is 4.34. The molecule has 2 aliphatic heterocycles. The largest absolute Gasteiger partial charge is 0.340 e. The van der Waals surface area contributed by atoms with Gasteiger partial charge in [0.05, 0.1) is 17.3 Å². The number of carbonyl (C=O) groups excluding carboxylic acids is 1. The van der Waals surface area contributed by atoms with E-state index in [0.29, 0.717) is 5.56 Å². The molecular formula is C26H24N4O. The molecule has 0 saturated carbocycles. The molecule has 6 rings (SSSR count). The van der Waals surface area contributed by atoms with Crippen molar-refractivity contribution < 1.29 is 4.79 Å². The van der Waals surface area contributed by atoms with Crippen molar-refractivity contribution >= 4 is 22.8 Å². The van der Waals surface area contributed by atoms with Crippen LogP contribution >= 0.6 is 0 Å². The fraction of sp³-hybridized carbons (Fsp3) is 0.231. The number of benzene rings is 2. The highest BCUT2D eigenvalue weighted by Crippen LogP contribution is 2.49. The number of aromatic nitrogens is 2. The zero-order valence-corrected chi connectivity index (χ0v) is 17.3. The number of fused-ring (bicyclic) bond motifs is 3. The molecule has 2 aromatic heterocycles. The van der Waals surface area contributed by atoms with Gasteiger partial charge in [-0.05, 0) is 48.7 Å². The quantitative estimate of drug-likeness (QED) is 0.484. The first-order valence-electron chi connectivity index (χ1n) is 10.9. The van der Waals surface area contributed by atoms with E-state index in [4.69, 9.17) is 0 Å². The van der Waals surface area contributed by atoms with Crippen molar-refractivity contribution in [3.8, 4) is 0 Å². The lowest BCUT2D eigenvalue weighted by Crippen LogP contribution is -2.46. The molecule has 31 heavy (non-hydrogen) atoms. The molecule has 1 fully saturated rings. The number of hydrogen-bond acceptors (Lipinski definition) is 3. The summed E-state index contributed by atoms with van der Waals surface area (Å²) in [6.07, 6.45) is 5.52. The van der Waals surface area contributed by atoms with Crippen LogP contribution in [-0.4, -0.2) is 40.1 Å². The Morgan fingerprint density at radius 3 is 2.45 bits per heavy atom. The molecule has 0 atom stereocenters. The second kappa shape index (κ2) is 6.98. The number of nitrogens with zero attached hydrogens (tertiary/aromatic N) is 4. The Labute approximate surface area is 181 Å². The second-order valence-electron chi connectivity index (χ2n) is 8.60. The van der Waals surface area contributed by atoms with Gasteiger partial charge in [-0.15, -0.1) is 0 Å². The summed E-state index contributed by atoms with van der Waals surface area (Å²) in [6, 6.07) is 25.2. The van der Waals surface area contributed by atoms with Gasteiger partial charge >= 0.3 is 0 Å². The molecule has 0 bridgehead atoms. The van der Waals surface area contributed by atoms with Crippen molar-refractivity contribution in [3.63, 3.8) is 0 Å². The normalized spacial score (nSPS) is 17.3. The molecule has 4 aromatic rings. The van der Waals surface area contributed by atoms with E-state index in [-0.39, 0.29) is 11.3 Å². The molecule has 0 aliphatic carbocycles. The summed E-state index contributed by atoms with van der Waals surface area (Å²) >= 11 is 0. The molecule has 5 heteroatoms. The first-order valence-corrected chi connectivity index (χ1v) is 10.9. The number of carbonyl (C=O) groups is 1. The van der Waals surface area contributed by atoms with Gasteiger partial charge in [-0.1, -0.05) is 42.5 Å². The average molecular weight is 409 g/mol. The van der Waals surface area contributed by atoms with E-state index in [0.717, 1.165) is 38.0 Å². The Bertz CT molecular complexity index is 1250. The monoisotopic (exact) mass is 408 g/mol. The molecule has 0 N–H and O–H groups in total. The van der Waals surface area contributed by atoms with Gasteiger partial charge in [0.25, 0.3) is 5.91 Å². The topological polar surface area (TPSA) is 40.9 Å². The van der Waals surface area contributed by atoms with Crippen LogP contribution in [0.4, 0.5) is 11.4 Å². The second-order valence-corrected chi connectivity index (χ2v) is 8.60. The molecule has 154 valence electrons. The predicted octanol–water partition coefficient (Wildman–Crippen LogP) is 4.66. The van der Waals surface area contributed by atoms with Gasteiger partial charge in [-0.2, -0.15) is 5.10 Å². The van der Waals surface area contributed by atoms with Crippen LogP contribution in [0, 0.1) is 0 Å². The summed E-state index contributed by atoms with van der Waals surface area (Å²) in [4.78, 5) is 17.7. The highest BCUT2D eigenvalue weighted by Gasteiger charge is 2.45. The maximum absolute atomic E-state index is 13.3. The van der Waals surface area contributed by atoms with E-state index in [1.165, 1.54) is 16.9 Å². The zero-order valence-electron chi connectivity index (χ0n) is 17.3. The van der Waals surface area contributed by atoms with Crippen LogP contribution in [0.3, 0.4) is 0 Å². The third kappa shape index (κ3) is 2.84. The third-order valence-corrected chi connectivity index (χ3v) is 6.96. The number of rotatable bonds is 2. The summed E-state index contributed by atoms with van der Waals surface area (Å²) in [7, 11) is 0. The minimum Gasteiger partial charge on any atom is -0.340 e. The maximum Gasteiger partial charge on any atom is 0.257 e. The van der Waals surface area contributed by atoms with E-state index in [1.54, 1.807) is 10.7 Å². The molecule has 1 spiro atoms. The Morgan fingerprint density at radius 2 is 1.61 bits per heavy atom. The Kier molecular flexibility index (Phi) is 4.10. The van der Waals surface area contributed by atoms with E-state index in [2.05, 4.69) is 64.6 Å². The molecular weight excluding hydrogens is 384 g/mol. The number of para-hydroxylation sites is 2. The van der Waals surface area contributed by atoms with Crippen LogP contribution in [0.1, 0.15) is 28.8 Å². The molecule has 2 aliphatic rings. The average Bonchev–Trinajstić information content (AvgIpc) is 3.40. The first-order chi connectivity index (χ1) is 15.3. The Morgan fingerprint density at radius 1 is 0.871 bits per heavy atom. The van der Waals surface area contributed by atoms with Crippen molar-refractivity contribution in [1.29, 1.82) is 0 Å². The first kappa shape index (κ1) is 18.2. The van der Waals surface area contributed by atoms with Gasteiger partial charge in [-0.3, -0.25) is 4.79 Å². The van der Waals surface area contributed by atoms with E-state index >= 15 is 0 Å². The van der Waals surface area contributed by atoms with Crippen molar-refractivity contribution in [3.05, 3.63) is 96.3 Å². The fourth-order valence-electron chi connectivity index (χ4n) is 5.30. The van der Waals surface area contributed by atoms with Crippen molar-refractivity contribution in [2.45, 2.75) is 18.3 Å². The van der Waals surface area contributed by atoms with Gasteiger partial charge in [0.15, 0.2) is 0 Å². The van der Waals surface area contributed by atoms with E-state index < -0.39 is 0 Å². The van der Waals surface area contributed by atoms with Gasteiger partial charge in [0, 0.05) is 42.6 Å². The minimum absolute atomic E-state index is 0.0854. The summed E-state index contributed by atoms with van der Waals surface area (Å²) in [5.41, 5.74) is 5.60. The standard InChI is InChI=1S/C26H24N4O/c31-25(21-18-27-30-15-7-6-11-23(21)30)28-16-13-26(14-17-28)19-29(20-8-2-1-3-9-20)24-12-5-4-10-22(24)26/h1-12,15,18H,13-14,16-17,19H2. The van der Waals surface area contributed by atoms with Crippen LogP contribution < -0.4 is 4.90 Å². The number of hydrogen-bond donors (Lipinski definition) is 0. The summed E-state index contributed by atoms with van der Waals surface area (Å²) in [6.45, 7) is 2.50. The lowest BCUT2D eigenvalue weighted by Gasteiger charge is -2.40. The highest BCUT2D eigenvalue weighted by molar-refractivity contribution is 6.00. The molecule has 0 radical (unpaired) electrons. The van der Waals surface area contributed by atoms with Crippen molar-refractivity contribution in [1.82, 2.24) is 14.5 Å². The lowest BCUT2D eigenvalue weighted by molar-refractivity contribution is 0.0677. The Hall–Kier alpha value is -3.60. The predicted molar refractivity (Wildman–Crippen MR) is 122 cm³/mol. The molecule has 1 amide bonds. The van der Waals surface area contributed by atoms with Gasteiger partial charge in [0.1, 0.15) is 0 Å². The SMILES string of the molecule is O=C(c1cnn2ccccc12)N1CCC2(CC1)CN(c1ccccc1)c1ccccc12. The van der Waals surface area contributed by atoms with Crippen LogP contribution in [0.5, 0.6) is 0 Å². The zero-order chi connectivity index (χ0) is 20.8. The van der Waals surface area contributed by atoms with Crippen LogP contribution in [0.25, 0.3) is 5.52 Å². The highest BCUT2D eigenvalue weighted by atomic mass is 16.2. The van der Waals surface area contributed by atoms with Gasteiger partial charge < -0.3 is 9.80 Å². The maximum atomic E-state index is 13.3. The third-order valence-electron chi connectivity index (χ3n) is 6.96. The van der Waals surface area contributed by atoms with E-state index in [9.17, 15) is 4.79 Å². The lowest BCUT2D eigenvalue weighted by atomic mass is 9.74. The van der Waals surface area contributed by atoms with Crippen molar-refractivity contribution in [2.75, 3.05) is 24.5 Å². The molecule has 4 heterocycles. The number of likely N-dealkylation sites (tertiary alicyclic amines) is 1. The molecule has 0 unspecified atom stereocenters. The van der Waals surface area contributed by atoms with Crippen LogP contribution in [0.2, 0.25) is 0 Å². The number of piperidine rings is 1. The number of anilines is 2. The smallest absolute Gasteiger partial charge is 0.257 e. The van der Waals surface area contributed by atoms with Crippen LogP contribution in [0.15, 0.2) is 85.2 Å². The van der Waals surface area contributed by atoms with Crippen LogP contribution in [-0.2, 0) is 5.41 Å². The minimum atomic E-state index is 0.0854. The summed E-state index contributed by atoms with van der Waals surface area (Å²) in [5.74, 6) is 0.0854. The summed E-state index contributed by atoms with van der Waals surface area (Å²) < 4.78 is 1.77. The molecule has 1 saturated heterocycles. The number of pyridine rings is 1. The Balaban J connectivity index is 1.27.